The molecule has 0 aliphatic rings. The Morgan fingerprint density at radius 1 is 1.67 bits per heavy atom. The molecule has 1 atom stereocenters. The number of methoxy groups -OCH3 is 1. The Kier molecular flexibility index (Phi) is 3.01. The monoisotopic (exact) mass is 168 g/mol. The number of H-pyrrole nitrogens is 1. The lowest BCUT2D eigenvalue weighted by Crippen LogP contribution is -2.17. The molecule has 0 spiro atoms. The Balaban J connectivity index is 2.75. The molecule has 1 aromatic heterocycles. The molecule has 0 aliphatic heterocycles. The molecule has 1 aromatic rings. The summed E-state index contributed by atoms with van der Waals surface area (Å²) in [6.45, 7) is 0.450. The third-order valence-corrected chi connectivity index (χ3v) is 1.58. The minimum absolute atomic E-state index is 0.122. The van der Waals surface area contributed by atoms with Crippen molar-refractivity contribution in [3.63, 3.8) is 0 Å². The SMILES string of the molecule is COC[C@@H](N)c1ccc(=O)[nH]c1. The van der Waals surface area contributed by atoms with Crippen LogP contribution in [-0.2, 0) is 4.74 Å². The quantitative estimate of drug-likeness (QED) is 0.668. The standard InChI is InChI=1S/C8H12N2O2/c1-12-5-7(9)6-2-3-8(11)10-4-6/h2-4,7H,5,9H2,1H3,(H,10,11)/t7-/m1/s1. The fraction of sp³-hybridized carbons (Fsp3) is 0.375. The van der Waals surface area contributed by atoms with Crippen LogP contribution in [0.1, 0.15) is 11.6 Å². The molecule has 0 aromatic carbocycles. The molecule has 0 bridgehead atoms. The first-order valence-corrected chi connectivity index (χ1v) is 3.67. The summed E-state index contributed by atoms with van der Waals surface area (Å²) in [7, 11) is 1.59. The van der Waals surface area contributed by atoms with Gasteiger partial charge in [-0.25, -0.2) is 0 Å². The smallest absolute Gasteiger partial charge is 0.247 e. The van der Waals surface area contributed by atoms with Crippen LogP contribution in [0.2, 0.25) is 0 Å². The molecule has 0 saturated carbocycles. The van der Waals surface area contributed by atoms with E-state index in [1.54, 1.807) is 19.4 Å². The van der Waals surface area contributed by atoms with Gasteiger partial charge >= 0.3 is 0 Å². The minimum atomic E-state index is -0.174. The van der Waals surface area contributed by atoms with E-state index in [0.29, 0.717) is 6.61 Å². The van der Waals surface area contributed by atoms with Gasteiger partial charge < -0.3 is 15.5 Å². The largest absolute Gasteiger partial charge is 0.383 e. The number of pyridine rings is 1. The van der Waals surface area contributed by atoms with E-state index in [4.69, 9.17) is 10.5 Å². The van der Waals surface area contributed by atoms with Gasteiger partial charge in [-0.2, -0.15) is 0 Å². The van der Waals surface area contributed by atoms with Crippen molar-refractivity contribution in [1.29, 1.82) is 0 Å². The highest BCUT2D eigenvalue weighted by atomic mass is 16.5. The number of nitrogens with two attached hydrogens (primary N) is 1. The molecule has 0 radical (unpaired) electrons. The highest BCUT2D eigenvalue weighted by Crippen LogP contribution is 2.05. The molecule has 0 saturated heterocycles. The van der Waals surface area contributed by atoms with E-state index in [0.717, 1.165) is 5.56 Å². The van der Waals surface area contributed by atoms with Gasteiger partial charge in [0.2, 0.25) is 5.56 Å². The minimum Gasteiger partial charge on any atom is -0.383 e. The van der Waals surface area contributed by atoms with Gasteiger partial charge in [0.25, 0.3) is 0 Å². The summed E-state index contributed by atoms with van der Waals surface area (Å²) in [6, 6.07) is 2.97. The van der Waals surface area contributed by atoms with E-state index in [-0.39, 0.29) is 11.6 Å². The normalized spacial score (nSPS) is 12.8. The van der Waals surface area contributed by atoms with Crippen molar-refractivity contribution >= 4 is 0 Å². The third-order valence-electron chi connectivity index (χ3n) is 1.58. The second kappa shape index (κ2) is 4.04. The van der Waals surface area contributed by atoms with Gasteiger partial charge in [-0.05, 0) is 5.56 Å². The predicted molar refractivity (Wildman–Crippen MR) is 45.9 cm³/mol. The zero-order valence-corrected chi connectivity index (χ0v) is 6.91. The average Bonchev–Trinajstić information content (AvgIpc) is 2.06. The number of hydrogen-bond donors (Lipinski definition) is 2. The van der Waals surface area contributed by atoms with E-state index in [2.05, 4.69) is 4.98 Å². The summed E-state index contributed by atoms with van der Waals surface area (Å²) < 4.78 is 4.87. The van der Waals surface area contributed by atoms with E-state index in [1.807, 2.05) is 0 Å². The number of rotatable bonds is 3. The third kappa shape index (κ3) is 2.18. The lowest BCUT2D eigenvalue weighted by molar-refractivity contribution is 0.181. The molecule has 1 heterocycles. The summed E-state index contributed by atoms with van der Waals surface area (Å²) in [5.74, 6) is 0. The highest BCUT2D eigenvalue weighted by molar-refractivity contribution is 5.13. The van der Waals surface area contributed by atoms with Crippen molar-refractivity contribution in [2.24, 2.45) is 5.73 Å². The molecule has 3 N–H and O–H groups in total. The van der Waals surface area contributed by atoms with Crippen LogP contribution in [0.5, 0.6) is 0 Å². The number of aromatic nitrogens is 1. The molecule has 4 heteroatoms. The van der Waals surface area contributed by atoms with Crippen molar-refractivity contribution in [3.8, 4) is 0 Å². The topological polar surface area (TPSA) is 68.1 Å². The molecule has 0 amide bonds. The first kappa shape index (κ1) is 8.96. The van der Waals surface area contributed by atoms with Gasteiger partial charge in [-0.3, -0.25) is 4.79 Å². The summed E-state index contributed by atoms with van der Waals surface area (Å²) >= 11 is 0. The summed E-state index contributed by atoms with van der Waals surface area (Å²) in [5.41, 5.74) is 6.46. The Morgan fingerprint density at radius 3 is 2.92 bits per heavy atom. The Labute approximate surface area is 70.4 Å². The van der Waals surface area contributed by atoms with Crippen LogP contribution >= 0.6 is 0 Å². The fourth-order valence-electron chi connectivity index (χ4n) is 0.929. The molecule has 1 rings (SSSR count). The molecule has 0 unspecified atom stereocenters. The van der Waals surface area contributed by atoms with Crippen LogP contribution in [0.4, 0.5) is 0 Å². The number of hydrogen-bond acceptors (Lipinski definition) is 3. The first-order chi connectivity index (χ1) is 5.74. The van der Waals surface area contributed by atoms with Crippen molar-refractivity contribution in [1.82, 2.24) is 4.98 Å². The van der Waals surface area contributed by atoms with Gasteiger partial charge in [0.1, 0.15) is 0 Å². The van der Waals surface area contributed by atoms with Gasteiger partial charge in [0.05, 0.1) is 12.6 Å². The maximum atomic E-state index is 10.7. The van der Waals surface area contributed by atoms with E-state index < -0.39 is 0 Å². The van der Waals surface area contributed by atoms with Gasteiger partial charge in [-0.1, -0.05) is 6.07 Å². The second-order valence-corrected chi connectivity index (χ2v) is 2.55. The van der Waals surface area contributed by atoms with Crippen LogP contribution in [-0.4, -0.2) is 18.7 Å². The van der Waals surface area contributed by atoms with Crippen molar-refractivity contribution < 1.29 is 4.74 Å². The number of nitrogens with one attached hydrogen (secondary N) is 1. The second-order valence-electron chi connectivity index (χ2n) is 2.55. The number of ether oxygens (including phenoxy) is 1. The molecular weight excluding hydrogens is 156 g/mol. The highest BCUT2D eigenvalue weighted by Gasteiger charge is 2.03. The maximum Gasteiger partial charge on any atom is 0.247 e. The molecule has 0 aliphatic carbocycles. The van der Waals surface area contributed by atoms with Crippen molar-refractivity contribution in [3.05, 3.63) is 34.2 Å². The van der Waals surface area contributed by atoms with Crippen LogP contribution < -0.4 is 11.3 Å². The van der Waals surface area contributed by atoms with Gasteiger partial charge in [0, 0.05) is 19.4 Å². The van der Waals surface area contributed by atoms with E-state index in [9.17, 15) is 4.79 Å². The summed E-state index contributed by atoms with van der Waals surface area (Å²) in [4.78, 5) is 13.2. The van der Waals surface area contributed by atoms with Gasteiger partial charge in [0.15, 0.2) is 0 Å². The first-order valence-electron chi connectivity index (χ1n) is 3.67. The Hall–Kier alpha value is -1.13. The fourth-order valence-corrected chi connectivity index (χ4v) is 0.929. The lowest BCUT2D eigenvalue weighted by Gasteiger charge is -2.09. The Bertz CT molecular complexity index is 275. The van der Waals surface area contributed by atoms with Crippen LogP contribution in [0.15, 0.2) is 23.1 Å². The van der Waals surface area contributed by atoms with Crippen molar-refractivity contribution in [2.75, 3.05) is 13.7 Å². The van der Waals surface area contributed by atoms with E-state index in [1.165, 1.54) is 6.07 Å². The van der Waals surface area contributed by atoms with Crippen LogP contribution in [0.3, 0.4) is 0 Å². The molecular formula is C8H12N2O2. The summed E-state index contributed by atoms with van der Waals surface area (Å²) in [6.07, 6.45) is 1.60. The van der Waals surface area contributed by atoms with E-state index >= 15 is 0 Å². The zero-order chi connectivity index (χ0) is 8.97. The number of aromatic amines is 1. The molecule has 12 heavy (non-hydrogen) atoms. The predicted octanol–water partition coefficient (Wildman–Crippen LogP) is 0.0211. The average molecular weight is 168 g/mol. The van der Waals surface area contributed by atoms with Gasteiger partial charge in [-0.15, -0.1) is 0 Å². The molecule has 0 fully saturated rings. The molecule has 4 nitrogen and oxygen atoms in total. The van der Waals surface area contributed by atoms with Crippen LogP contribution in [0.25, 0.3) is 0 Å². The summed E-state index contributed by atoms with van der Waals surface area (Å²) in [5, 5.41) is 0. The van der Waals surface area contributed by atoms with Crippen molar-refractivity contribution in [2.45, 2.75) is 6.04 Å². The van der Waals surface area contributed by atoms with Crippen LogP contribution in [0, 0.1) is 0 Å². The zero-order valence-electron chi connectivity index (χ0n) is 6.91. The lowest BCUT2D eigenvalue weighted by atomic mass is 10.1. The maximum absolute atomic E-state index is 10.7. The Morgan fingerprint density at radius 2 is 2.42 bits per heavy atom. The molecule has 66 valence electrons.